The Labute approximate surface area is 107 Å². The lowest BCUT2D eigenvalue weighted by atomic mass is 9.84. The van der Waals surface area contributed by atoms with Gasteiger partial charge in [-0.15, -0.1) is 0 Å². The summed E-state index contributed by atoms with van der Waals surface area (Å²) < 4.78 is 4.60. The fourth-order valence-electron chi connectivity index (χ4n) is 2.05. The summed E-state index contributed by atoms with van der Waals surface area (Å²) in [4.78, 5) is 27.8. The van der Waals surface area contributed by atoms with Crippen molar-refractivity contribution in [1.82, 2.24) is 5.32 Å². The number of ether oxygens (including phenoxy) is 1. The van der Waals surface area contributed by atoms with E-state index in [2.05, 4.69) is 15.0 Å². The van der Waals surface area contributed by atoms with Gasteiger partial charge in [0.25, 0.3) is 5.91 Å². The van der Waals surface area contributed by atoms with E-state index >= 15 is 0 Å². The summed E-state index contributed by atoms with van der Waals surface area (Å²) in [5.74, 6) is -0.000284. The lowest BCUT2D eigenvalue weighted by Gasteiger charge is -2.25. The van der Waals surface area contributed by atoms with Gasteiger partial charge in [-0.3, -0.25) is 9.79 Å². The first kappa shape index (κ1) is 14.4. The van der Waals surface area contributed by atoms with Crippen molar-refractivity contribution in [1.29, 1.82) is 0 Å². The van der Waals surface area contributed by atoms with E-state index in [1.807, 2.05) is 20.8 Å². The minimum Gasteiger partial charge on any atom is -0.466 e. The number of hydrogen-bond donors (Lipinski definition) is 1. The maximum absolute atomic E-state index is 12.0. The first-order valence-corrected chi connectivity index (χ1v) is 6.05. The highest BCUT2D eigenvalue weighted by Gasteiger charge is 2.44. The molecule has 0 aromatic heterocycles. The lowest BCUT2D eigenvalue weighted by molar-refractivity contribution is -0.136. The monoisotopic (exact) mass is 252 g/mol. The van der Waals surface area contributed by atoms with Crippen LogP contribution in [-0.4, -0.2) is 30.4 Å². The third-order valence-corrected chi connectivity index (χ3v) is 3.31. The highest BCUT2D eigenvalue weighted by molar-refractivity contribution is 6.14. The molecular formula is C13H20N2O3. The number of amidine groups is 1. The smallest absolute Gasteiger partial charge is 0.333 e. The summed E-state index contributed by atoms with van der Waals surface area (Å²) in [7, 11) is 1.32. The van der Waals surface area contributed by atoms with E-state index in [9.17, 15) is 9.59 Å². The Hall–Kier alpha value is -1.65. The van der Waals surface area contributed by atoms with E-state index in [1.165, 1.54) is 7.11 Å². The second-order valence-corrected chi connectivity index (χ2v) is 4.70. The number of amides is 1. The summed E-state index contributed by atoms with van der Waals surface area (Å²) in [6, 6.07) is 0. The summed E-state index contributed by atoms with van der Waals surface area (Å²) in [5, 5.41) is 2.71. The van der Waals surface area contributed by atoms with Gasteiger partial charge < -0.3 is 10.1 Å². The fourth-order valence-corrected chi connectivity index (χ4v) is 2.05. The molecule has 0 spiro atoms. The Morgan fingerprint density at radius 3 is 2.56 bits per heavy atom. The summed E-state index contributed by atoms with van der Waals surface area (Å²) in [5.41, 5.74) is -0.311. The zero-order valence-corrected chi connectivity index (χ0v) is 11.5. The Kier molecular flexibility index (Phi) is 4.27. The first-order chi connectivity index (χ1) is 8.37. The van der Waals surface area contributed by atoms with Gasteiger partial charge in [0.2, 0.25) is 0 Å². The molecule has 0 bridgehead atoms. The van der Waals surface area contributed by atoms with Gasteiger partial charge in [-0.1, -0.05) is 20.8 Å². The molecule has 0 saturated heterocycles. The van der Waals surface area contributed by atoms with Gasteiger partial charge in [0, 0.05) is 5.57 Å². The summed E-state index contributed by atoms with van der Waals surface area (Å²) >= 11 is 0. The molecule has 1 N–H and O–H groups in total. The Balaban J connectivity index is 3.05. The lowest BCUT2D eigenvalue weighted by Crippen LogP contribution is -2.43. The zero-order valence-electron chi connectivity index (χ0n) is 11.5. The Morgan fingerprint density at radius 2 is 2.17 bits per heavy atom. The number of aliphatic imine (C=N–C) groups is 1. The molecule has 0 saturated carbocycles. The molecule has 1 aliphatic rings. The summed E-state index contributed by atoms with van der Waals surface area (Å²) in [6.07, 6.45) is 2.18. The van der Waals surface area contributed by atoms with Crippen LogP contribution in [0.2, 0.25) is 0 Å². The standard InChI is InChI=1S/C13H20N2O3/c1-6-13(8(2)3)12(17)14-10(15-13)7-9(4)11(16)18-5/h7-8H,6H2,1-5H3,(H,14,15,17)/b9-7+. The highest BCUT2D eigenvalue weighted by atomic mass is 16.5. The van der Waals surface area contributed by atoms with Gasteiger partial charge in [-0.25, -0.2) is 4.79 Å². The average Bonchev–Trinajstić information content (AvgIpc) is 2.65. The van der Waals surface area contributed by atoms with Crippen molar-refractivity contribution in [2.75, 3.05) is 7.11 Å². The molecule has 5 heteroatoms. The SMILES string of the molecule is CCC1(C(C)C)N=C(/C=C(\C)C(=O)OC)NC1=O. The third-order valence-electron chi connectivity index (χ3n) is 3.31. The van der Waals surface area contributed by atoms with Crippen molar-refractivity contribution in [2.45, 2.75) is 39.7 Å². The molecule has 5 nitrogen and oxygen atoms in total. The molecule has 18 heavy (non-hydrogen) atoms. The van der Waals surface area contributed by atoms with Crippen molar-refractivity contribution in [3.8, 4) is 0 Å². The minimum absolute atomic E-state index is 0.104. The van der Waals surface area contributed by atoms with Crippen LogP contribution in [0.1, 0.15) is 34.1 Å². The number of carbonyl (C=O) groups is 2. The molecule has 1 unspecified atom stereocenters. The van der Waals surface area contributed by atoms with Gasteiger partial charge in [0.15, 0.2) is 0 Å². The maximum atomic E-state index is 12.0. The number of nitrogens with one attached hydrogen (secondary N) is 1. The number of rotatable bonds is 4. The summed E-state index contributed by atoms with van der Waals surface area (Å²) in [6.45, 7) is 7.49. The van der Waals surface area contributed by atoms with E-state index in [0.29, 0.717) is 17.8 Å². The quantitative estimate of drug-likeness (QED) is 0.608. The molecule has 100 valence electrons. The predicted octanol–water partition coefficient (Wildman–Crippen LogP) is 1.44. The molecular weight excluding hydrogens is 232 g/mol. The molecule has 1 atom stereocenters. The van der Waals surface area contributed by atoms with Gasteiger partial charge in [-0.2, -0.15) is 0 Å². The highest BCUT2D eigenvalue weighted by Crippen LogP contribution is 2.29. The van der Waals surface area contributed by atoms with Crippen molar-refractivity contribution in [3.63, 3.8) is 0 Å². The second kappa shape index (κ2) is 5.33. The van der Waals surface area contributed by atoms with E-state index < -0.39 is 11.5 Å². The van der Waals surface area contributed by atoms with Gasteiger partial charge in [0.1, 0.15) is 11.4 Å². The molecule has 0 radical (unpaired) electrons. The number of methoxy groups -OCH3 is 1. The number of hydrogen-bond acceptors (Lipinski definition) is 4. The van der Waals surface area contributed by atoms with E-state index in [0.717, 1.165) is 0 Å². The third kappa shape index (κ3) is 2.44. The Bertz CT molecular complexity index is 424. The molecule has 0 aromatic carbocycles. The van der Waals surface area contributed by atoms with Crippen LogP contribution in [0.5, 0.6) is 0 Å². The van der Waals surface area contributed by atoms with Crippen LogP contribution < -0.4 is 5.32 Å². The van der Waals surface area contributed by atoms with Crippen LogP contribution >= 0.6 is 0 Å². The molecule has 1 heterocycles. The Morgan fingerprint density at radius 1 is 1.56 bits per heavy atom. The molecule has 0 fully saturated rings. The van der Waals surface area contributed by atoms with Gasteiger partial charge in [0.05, 0.1) is 7.11 Å². The largest absolute Gasteiger partial charge is 0.466 e. The van der Waals surface area contributed by atoms with Gasteiger partial charge >= 0.3 is 5.97 Å². The van der Waals surface area contributed by atoms with Crippen LogP contribution in [0.4, 0.5) is 0 Å². The predicted molar refractivity (Wildman–Crippen MR) is 69.2 cm³/mol. The van der Waals surface area contributed by atoms with E-state index in [-0.39, 0.29) is 11.8 Å². The molecule has 1 rings (SSSR count). The molecule has 1 aliphatic heterocycles. The average molecular weight is 252 g/mol. The molecule has 0 aliphatic carbocycles. The van der Waals surface area contributed by atoms with Gasteiger partial charge in [-0.05, 0) is 25.3 Å². The van der Waals surface area contributed by atoms with Crippen LogP contribution in [0.3, 0.4) is 0 Å². The van der Waals surface area contributed by atoms with Crippen LogP contribution in [0, 0.1) is 5.92 Å². The van der Waals surface area contributed by atoms with Crippen LogP contribution in [0.15, 0.2) is 16.6 Å². The van der Waals surface area contributed by atoms with Crippen LogP contribution in [-0.2, 0) is 14.3 Å². The maximum Gasteiger partial charge on any atom is 0.333 e. The van der Waals surface area contributed by atoms with E-state index in [4.69, 9.17) is 0 Å². The topological polar surface area (TPSA) is 67.8 Å². The van der Waals surface area contributed by atoms with Crippen LogP contribution in [0.25, 0.3) is 0 Å². The fraction of sp³-hybridized carbons (Fsp3) is 0.615. The molecule has 1 amide bonds. The zero-order chi connectivity index (χ0) is 13.9. The number of nitrogens with zero attached hydrogens (tertiary/aromatic N) is 1. The first-order valence-electron chi connectivity index (χ1n) is 6.05. The second-order valence-electron chi connectivity index (χ2n) is 4.70. The molecule has 0 aromatic rings. The minimum atomic E-state index is -0.720. The number of carbonyl (C=O) groups excluding carboxylic acids is 2. The van der Waals surface area contributed by atoms with Crippen molar-refractivity contribution in [3.05, 3.63) is 11.6 Å². The van der Waals surface area contributed by atoms with E-state index in [1.54, 1.807) is 13.0 Å². The number of esters is 1. The van der Waals surface area contributed by atoms with Crippen molar-refractivity contribution in [2.24, 2.45) is 10.9 Å². The normalized spacial score (nSPS) is 24.0. The van der Waals surface area contributed by atoms with Crippen molar-refractivity contribution < 1.29 is 14.3 Å². The van der Waals surface area contributed by atoms with Crippen molar-refractivity contribution >= 4 is 17.7 Å².